The Labute approximate surface area is 63.9 Å². The molecule has 0 fully saturated rings. The highest BCUT2D eigenvalue weighted by Crippen LogP contribution is 2.04. The van der Waals surface area contributed by atoms with Crippen LogP contribution in [0.25, 0.3) is 0 Å². The maximum Gasteiger partial charge on any atom is 0.0377 e. The summed E-state index contributed by atoms with van der Waals surface area (Å²) < 4.78 is 0. The molecule has 0 spiro atoms. The minimum absolute atomic E-state index is 1.03. The van der Waals surface area contributed by atoms with Crippen LogP contribution in [0.1, 0.15) is 27.2 Å². The van der Waals surface area contributed by atoms with Gasteiger partial charge in [-0.05, 0) is 12.0 Å². The second kappa shape index (κ2) is 5.30. The Bertz CT molecular complexity index is 108. The molecule has 2 heteroatoms. The predicted molar refractivity (Wildman–Crippen MR) is 45.5 cm³/mol. The molecule has 1 N–H and O–H groups in total. The van der Waals surface area contributed by atoms with Crippen LogP contribution in [0.15, 0.2) is 11.8 Å². The molecule has 0 aromatic carbocycles. The van der Waals surface area contributed by atoms with E-state index in [1.54, 1.807) is 0 Å². The zero-order valence-electron chi connectivity index (χ0n) is 7.44. The zero-order chi connectivity index (χ0) is 7.98. The van der Waals surface area contributed by atoms with Crippen LogP contribution < -0.4 is 5.43 Å². The minimum Gasteiger partial charge on any atom is -0.318 e. The fourth-order valence-corrected chi connectivity index (χ4v) is 0.808. The van der Waals surface area contributed by atoms with Crippen molar-refractivity contribution >= 4 is 0 Å². The van der Waals surface area contributed by atoms with Crippen LogP contribution in [0, 0.1) is 0 Å². The van der Waals surface area contributed by atoms with Crippen molar-refractivity contribution in [2.24, 2.45) is 0 Å². The lowest BCUT2D eigenvalue weighted by Gasteiger charge is -2.04. The van der Waals surface area contributed by atoms with E-state index in [-0.39, 0.29) is 0 Å². The molecule has 0 saturated heterocycles. The second-order valence-electron chi connectivity index (χ2n) is 2.09. The van der Waals surface area contributed by atoms with Crippen LogP contribution in [0.3, 0.4) is 0 Å². The predicted octanol–water partition coefficient (Wildman–Crippen LogP) is 1.76. The van der Waals surface area contributed by atoms with E-state index in [0.29, 0.717) is 0 Å². The molecule has 0 aliphatic carbocycles. The molecule has 0 saturated carbocycles. The minimum atomic E-state index is 1.03. The highest BCUT2D eigenvalue weighted by Gasteiger charge is 2.03. The molecule has 1 aliphatic heterocycles. The smallest absolute Gasteiger partial charge is 0.0377 e. The highest BCUT2D eigenvalue weighted by atomic mass is 15.5. The molecule has 2 nitrogen and oxygen atoms in total. The van der Waals surface area contributed by atoms with Crippen molar-refractivity contribution in [3.63, 3.8) is 0 Å². The molecular weight excluding hydrogens is 124 g/mol. The number of rotatable bonds is 1. The third-order valence-electron chi connectivity index (χ3n) is 1.39. The fourth-order valence-electron chi connectivity index (χ4n) is 0.808. The summed E-state index contributed by atoms with van der Waals surface area (Å²) in [6.07, 6.45) is 3.30. The molecule has 0 bridgehead atoms. The van der Waals surface area contributed by atoms with Crippen molar-refractivity contribution < 1.29 is 0 Å². The number of hydrogen-bond acceptors (Lipinski definition) is 2. The van der Waals surface area contributed by atoms with Gasteiger partial charge in [-0.25, -0.2) is 5.43 Å². The maximum absolute atomic E-state index is 3.16. The van der Waals surface area contributed by atoms with Gasteiger partial charge in [-0.1, -0.05) is 20.8 Å². The van der Waals surface area contributed by atoms with Gasteiger partial charge < -0.3 is 5.01 Å². The Kier molecular flexibility index (Phi) is 5.03. The first-order chi connectivity index (χ1) is 4.83. The van der Waals surface area contributed by atoms with Crippen molar-refractivity contribution in [3.05, 3.63) is 11.8 Å². The third kappa shape index (κ3) is 2.87. The summed E-state index contributed by atoms with van der Waals surface area (Å²) in [5.74, 6) is 0. The molecule has 0 aromatic rings. The van der Waals surface area contributed by atoms with Gasteiger partial charge in [0.2, 0.25) is 0 Å². The summed E-state index contributed by atoms with van der Waals surface area (Å²) in [6, 6.07) is 0. The number of hydrazine groups is 1. The summed E-state index contributed by atoms with van der Waals surface area (Å²) in [5, 5.41) is 2.00. The Morgan fingerprint density at radius 3 is 2.40 bits per heavy atom. The van der Waals surface area contributed by atoms with Gasteiger partial charge in [-0.15, -0.1) is 0 Å². The molecule has 1 rings (SSSR count). The molecule has 0 unspecified atom stereocenters. The lowest BCUT2D eigenvalue weighted by molar-refractivity contribution is 0.373. The van der Waals surface area contributed by atoms with Crippen molar-refractivity contribution in [1.29, 1.82) is 0 Å². The first-order valence-electron chi connectivity index (χ1n) is 3.99. The van der Waals surface area contributed by atoms with Crippen molar-refractivity contribution in [1.82, 2.24) is 10.4 Å². The Balaban J connectivity index is 0.000000371. The second-order valence-corrected chi connectivity index (χ2v) is 2.09. The number of hydrogen-bond donors (Lipinski definition) is 1. The average molecular weight is 142 g/mol. The van der Waals surface area contributed by atoms with Crippen LogP contribution in [-0.4, -0.2) is 18.6 Å². The van der Waals surface area contributed by atoms with Gasteiger partial charge in [0.15, 0.2) is 0 Å². The normalized spacial score (nSPS) is 16.0. The van der Waals surface area contributed by atoms with Crippen LogP contribution >= 0.6 is 0 Å². The monoisotopic (exact) mass is 142 g/mol. The van der Waals surface area contributed by atoms with Gasteiger partial charge in [-0.3, -0.25) is 0 Å². The van der Waals surface area contributed by atoms with E-state index in [0.717, 1.165) is 13.0 Å². The van der Waals surface area contributed by atoms with E-state index in [2.05, 4.69) is 18.5 Å². The summed E-state index contributed by atoms with van der Waals surface area (Å²) in [6.45, 7) is 7.21. The van der Waals surface area contributed by atoms with Crippen molar-refractivity contribution in [3.8, 4) is 0 Å². The molecule has 0 aromatic heterocycles. The topological polar surface area (TPSA) is 15.3 Å². The van der Waals surface area contributed by atoms with E-state index >= 15 is 0 Å². The van der Waals surface area contributed by atoms with Gasteiger partial charge >= 0.3 is 0 Å². The van der Waals surface area contributed by atoms with Crippen LogP contribution in [-0.2, 0) is 0 Å². The van der Waals surface area contributed by atoms with Crippen LogP contribution in [0.4, 0.5) is 0 Å². The molecule has 10 heavy (non-hydrogen) atoms. The Morgan fingerprint density at radius 1 is 1.60 bits per heavy atom. The number of nitrogens with zero attached hydrogens (tertiary/aromatic N) is 1. The van der Waals surface area contributed by atoms with Gasteiger partial charge in [0.25, 0.3) is 0 Å². The molecule has 1 heterocycles. The Hall–Kier alpha value is -0.500. The zero-order valence-corrected chi connectivity index (χ0v) is 7.44. The third-order valence-corrected chi connectivity index (χ3v) is 1.39. The molecular formula is C8H18N2. The molecule has 0 amide bonds. The van der Waals surface area contributed by atoms with Crippen LogP contribution in [0.2, 0.25) is 0 Å². The van der Waals surface area contributed by atoms with Gasteiger partial charge in [0, 0.05) is 19.8 Å². The highest BCUT2D eigenvalue weighted by molar-refractivity contribution is 5.05. The van der Waals surface area contributed by atoms with E-state index in [4.69, 9.17) is 0 Å². The van der Waals surface area contributed by atoms with E-state index < -0.39 is 0 Å². The molecule has 0 atom stereocenters. The quantitative estimate of drug-likeness (QED) is 0.600. The molecule has 60 valence electrons. The van der Waals surface area contributed by atoms with Crippen molar-refractivity contribution in [2.75, 3.05) is 13.6 Å². The first kappa shape index (κ1) is 9.50. The number of nitrogens with one attached hydrogen (secondary N) is 1. The standard InChI is InChI=1S/C6H12N2.C2H6/c1-3-6-4-7-8(2)5-6;1-2/h5,7H,3-4H2,1-2H3;1-2H3. The summed E-state index contributed by atoms with van der Waals surface area (Å²) in [7, 11) is 2.02. The lowest BCUT2D eigenvalue weighted by atomic mass is 10.2. The van der Waals surface area contributed by atoms with Gasteiger partial charge in [0.1, 0.15) is 0 Å². The maximum atomic E-state index is 3.16. The van der Waals surface area contributed by atoms with E-state index in [9.17, 15) is 0 Å². The summed E-state index contributed by atoms with van der Waals surface area (Å²) in [4.78, 5) is 0. The van der Waals surface area contributed by atoms with Crippen molar-refractivity contribution in [2.45, 2.75) is 27.2 Å². The average Bonchev–Trinajstić information content (AvgIpc) is 2.40. The fraction of sp³-hybridized carbons (Fsp3) is 0.750. The van der Waals surface area contributed by atoms with Crippen LogP contribution in [0.5, 0.6) is 0 Å². The summed E-state index contributed by atoms with van der Waals surface area (Å²) >= 11 is 0. The molecule has 1 aliphatic rings. The van der Waals surface area contributed by atoms with Gasteiger partial charge in [-0.2, -0.15) is 0 Å². The first-order valence-corrected chi connectivity index (χ1v) is 3.99. The van der Waals surface area contributed by atoms with E-state index in [1.165, 1.54) is 5.57 Å². The Morgan fingerprint density at radius 2 is 2.20 bits per heavy atom. The van der Waals surface area contributed by atoms with E-state index in [1.807, 2.05) is 25.9 Å². The van der Waals surface area contributed by atoms with Gasteiger partial charge in [0.05, 0.1) is 0 Å². The molecule has 0 radical (unpaired) electrons. The summed E-state index contributed by atoms with van der Waals surface area (Å²) in [5.41, 5.74) is 4.64. The SMILES string of the molecule is CC.CCC1=CN(C)NC1. The largest absolute Gasteiger partial charge is 0.318 e. The lowest BCUT2D eigenvalue weighted by Crippen LogP contribution is -2.23.